The van der Waals surface area contributed by atoms with E-state index in [0.717, 1.165) is 84.0 Å². The Labute approximate surface area is 543 Å². The van der Waals surface area contributed by atoms with Crippen LogP contribution in [0.2, 0.25) is 0 Å². The first-order chi connectivity index (χ1) is 43.9. The summed E-state index contributed by atoms with van der Waals surface area (Å²) in [6, 6.07) is -2.53. The van der Waals surface area contributed by atoms with Crippen molar-refractivity contribution >= 4 is 17.8 Å². The number of nitrogens with one attached hydrogen (secondary N) is 2. The summed E-state index contributed by atoms with van der Waals surface area (Å²) in [7, 11) is 0. The summed E-state index contributed by atoms with van der Waals surface area (Å²) in [6.45, 7) is 2.22. The molecule has 0 bridgehead atoms. The summed E-state index contributed by atoms with van der Waals surface area (Å²) in [5, 5.41) is 136. The zero-order chi connectivity index (χ0) is 66.8. The maximum absolute atomic E-state index is 13.5. The number of carbonyl (C=O) groups is 3. The SMILES string of the molecule is CCCCCCCCCCCC/C=C\CCCCCCCCCC(=O)NC(COC1OC(CO)C(OC2OC(CO)C(O)C(OC3(C(=O)O)CC(O)C(NC(C)=O)C(C(O)C(O)CO)O3)C2O)C(O)C1O)C(O)CCCCCCCCCCCCCCCCCC. The second kappa shape index (κ2) is 49.1. The van der Waals surface area contributed by atoms with Crippen LogP contribution in [0.1, 0.15) is 265 Å². The number of aliphatic hydroxyl groups is 11. The Morgan fingerprint density at radius 3 is 1.48 bits per heavy atom. The Morgan fingerprint density at radius 1 is 0.560 bits per heavy atom. The molecule has 18 unspecified atom stereocenters. The number of aliphatic carboxylic acids is 1. The lowest BCUT2D eigenvalue weighted by Crippen LogP contribution is -2.70. The third-order valence-corrected chi connectivity index (χ3v) is 18.2. The Balaban J connectivity index is 1.58. The van der Waals surface area contributed by atoms with Crippen molar-refractivity contribution in [1.29, 1.82) is 0 Å². The fourth-order valence-electron chi connectivity index (χ4n) is 12.5. The van der Waals surface area contributed by atoms with E-state index in [1.807, 2.05) is 0 Å². The molecule has 18 atom stereocenters. The van der Waals surface area contributed by atoms with Crippen molar-refractivity contribution < 1.29 is 104 Å². The normalized spacial score (nSPS) is 28.4. The average Bonchev–Trinajstić information content (AvgIpc) is 0.788. The van der Waals surface area contributed by atoms with Crippen LogP contribution in [0.5, 0.6) is 0 Å². The van der Waals surface area contributed by atoms with Crippen LogP contribution in [0, 0.1) is 0 Å². The smallest absolute Gasteiger partial charge is 0.364 e. The number of hydrogen-bond donors (Lipinski definition) is 14. The van der Waals surface area contributed by atoms with Gasteiger partial charge in [0.1, 0.15) is 67.1 Å². The van der Waals surface area contributed by atoms with Crippen molar-refractivity contribution in [2.45, 2.75) is 375 Å². The van der Waals surface area contributed by atoms with Gasteiger partial charge in [0, 0.05) is 19.8 Å². The van der Waals surface area contributed by atoms with Crippen LogP contribution >= 0.6 is 0 Å². The molecule has 91 heavy (non-hydrogen) atoms. The molecule has 0 aromatic heterocycles. The molecule has 3 heterocycles. The van der Waals surface area contributed by atoms with Gasteiger partial charge in [0.15, 0.2) is 12.6 Å². The Hall–Kier alpha value is -2.53. The monoisotopic (exact) mass is 1310 g/mol. The largest absolute Gasteiger partial charge is 0.477 e. The second-order valence-electron chi connectivity index (χ2n) is 26.1. The number of aliphatic hydroxyl groups excluding tert-OH is 11. The fourth-order valence-corrected chi connectivity index (χ4v) is 12.5. The maximum atomic E-state index is 13.5. The van der Waals surface area contributed by atoms with E-state index in [1.165, 1.54) is 135 Å². The number of hydrogen-bond acceptors (Lipinski definition) is 20. The van der Waals surface area contributed by atoms with Gasteiger partial charge in [0.05, 0.1) is 50.7 Å². The molecule has 3 aliphatic rings. The van der Waals surface area contributed by atoms with E-state index >= 15 is 0 Å². The maximum Gasteiger partial charge on any atom is 0.364 e. The van der Waals surface area contributed by atoms with E-state index in [9.17, 15) is 75.7 Å². The number of carbonyl (C=O) groups excluding carboxylic acids is 2. The molecular formula is C68H126N2O21. The summed E-state index contributed by atoms with van der Waals surface area (Å²) in [5.74, 6) is -6.10. The van der Waals surface area contributed by atoms with Crippen molar-refractivity contribution in [3.63, 3.8) is 0 Å². The van der Waals surface area contributed by atoms with Crippen LogP contribution in [0.3, 0.4) is 0 Å². The highest BCUT2D eigenvalue weighted by molar-refractivity contribution is 5.77. The van der Waals surface area contributed by atoms with Crippen molar-refractivity contribution in [1.82, 2.24) is 10.6 Å². The molecule has 0 spiro atoms. The molecule has 0 saturated carbocycles. The number of amides is 2. The predicted molar refractivity (Wildman–Crippen MR) is 343 cm³/mol. The lowest BCUT2D eigenvalue weighted by molar-refractivity contribution is -0.386. The zero-order valence-electron chi connectivity index (χ0n) is 55.7. The van der Waals surface area contributed by atoms with E-state index < -0.39 is 148 Å². The van der Waals surface area contributed by atoms with Gasteiger partial charge in [0.25, 0.3) is 5.79 Å². The molecule has 3 rings (SSSR count). The highest BCUT2D eigenvalue weighted by Gasteiger charge is 2.60. The highest BCUT2D eigenvalue weighted by Crippen LogP contribution is 2.39. The third-order valence-electron chi connectivity index (χ3n) is 18.2. The van der Waals surface area contributed by atoms with Gasteiger partial charge in [-0.15, -0.1) is 0 Å². The summed E-state index contributed by atoms with van der Waals surface area (Å²) >= 11 is 0. The van der Waals surface area contributed by atoms with Gasteiger partial charge in [-0.2, -0.15) is 0 Å². The number of carboxylic acids is 1. The van der Waals surface area contributed by atoms with Crippen LogP contribution in [-0.4, -0.2) is 215 Å². The minimum Gasteiger partial charge on any atom is -0.477 e. The molecule has 0 aliphatic carbocycles. The first kappa shape index (κ1) is 82.7. The molecule has 0 aromatic carbocycles. The molecule has 3 saturated heterocycles. The van der Waals surface area contributed by atoms with Gasteiger partial charge in [-0.05, 0) is 38.5 Å². The van der Waals surface area contributed by atoms with E-state index in [2.05, 4.69) is 36.6 Å². The van der Waals surface area contributed by atoms with Gasteiger partial charge in [-0.1, -0.05) is 219 Å². The van der Waals surface area contributed by atoms with Crippen molar-refractivity contribution in [2.75, 3.05) is 26.4 Å². The summed E-state index contributed by atoms with van der Waals surface area (Å²) in [5.41, 5.74) is 0. The van der Waals surface area contributed by atoms with E-state index in [0.29, 0.717) is 19.3 Å². The molecule has 3 aliphatic heterocycles. The van der Waals surface area contributed by atoms with Gasteiger partial charge in [0.2, 0.25) is 11.8 Å². The molecule has 14 N–H and O–H groups in total. The predicted octanol–water partition coefficient (Wildman–Crippen LogP) is 6.68. The number of rotatable bonds is 54. The molecule has 2 amide bonds. The third kappa shape index (κ3) is 31.5. The van der Waals surface area contributed by atoms with Crippen LogP contribution < -0.4 is 10.6 Å². The number of allylic oxidation sites excluding steroid dienone is 2. The Bertz CT molecular complexity index is 1890. The summed E-state index contributed by atoms with van der Waals surface area (Å²) < 4.78 is 34.9. The van der Waals surface area contributed by atoms with Crippen LogP contribution in [0.4, 0.5) is 0 Å². The summed E-state index contributed by atoms with van der Waals surface area (Å²) in [4.78, 5) is 38.6. The lowest BCUT2D eigenvalue weighted by atomic mass is 9.88. The Morgan fingerprint density at radius 2 is 1.02 bits per heavy atom. The number of unbranched alkanes of at least 4 members (excludes halogenated alkanes) is 32. The van der Waals surface area contributed by atoms with Crippen LogP contribution in [0.25, 0.3) is 0 Å². The van der Waals surface area contributed by atoms with Gasteiger partial charge < -0.3 is 100 Å². The number of carboxylic acid groups (broad SMARTS) is 1. The lowest BCUT2D eigenvalue weighted by Gasteiger charge is -2.50. The Kier molecular flexibility index (Phi) is 44.6. The molecule has 534 valence electrons. The average molecular weight is 1310 g/mol. The first-order valence-electron chi connectivity index (χ1n) is 35.5. The van der Waals surface area contributed by atoms with Crippen LogP contribution in [0.15, 0.2) is 12.2 Å². The van der Waals surface area contributed by atoms with Gasteiger partial charge >= 0.3 is 5.97 Å². The fraction of sp³-hybridized carbons (Fsp3) is 0.926. The van der Waals surface area contributed by atoms with Gasteiger partial charge in [-0.25, -0.2) is 4.79 Å². The van der Waals surface area contributed by atoms with E-state index in [1.54, 1.807) is 0 Å². The van der Waals surface area contributed by atoms with E-state index in [-0.39, 0.29) is 18.9 Å². The molecule has 23 heteroatoms. The van der Waals surface area contributed by atoms with Crippen molar-refractivity contribution in [3.8, 4) is 0 Å². The zero-order valence-corrected chi connectivity index (χ0v) is 55.7. The minimum atomic E-state index is -3.08. The topological polar surface area (TPSA) is 373 Å². The number of ether oxygens (including phenoxy) is 6. The van der Waals surface area contributed by atoms with Crippen molar-refractivity contribution in [2.24, 2.45) is 0 Å². The molecule has 0 radical (unpaired) electrons. The summed E-state index contributed by atoms with van der Waals surface area (Å²) in [6.07, 6.45) is 17.8. The van der Waals surface area contributed by atoms with Crippen LogP contribution in [-0.2, 0) is 42.8 Å². The second-order valence-corrected chi connectivity index (χ2v) is 26.1. The highest BCUT2D eigenvalue weighted by atomic mass is 16.8. The van der Waals surface area contributed by atoms with Crippen molar-refractivity contribution in [3.05, 3.63) is 12.2 Å². The standard InChI is InChI=1S/C68H126N2O21/c1-4-6-8-10-12-14-16-18-20-22-23-24-25-26-28-30-32-34-36-38-40-42-55(78)70-49(50(75)41-39-37-35-33-31-29-27-21-19-17-15-13-11-9-7-5-2)47-86-65-60(82)59(81)62(54(46-73)88-65)89-66-61(83)64(58(80)53(45-72)87-66)91-68(67(84)85)43-51(76)56(69-48(3)74)63(90-68)57(79)52(77)44-71/h24-25,49-54,56-66,71-73,75-77,79-83H,4-23,26-47H2,1-3H3,(H,69,74)(H,70,78)(H,84,85)/b25-24-. The molecular weight excluding hydrogens is 1180 g/mol. The molecule has 3 fully saturated rings. The molecule has 23 nitrogen and oxygen atoms in total. The first-order valence-corrected chi connectivity index (χ1v) is 35.5. The van der Waals surface area contributed by atoms with Gasteiger partial charge in [-0.3, -0.25) is 9.59 Å². The van der Waals surface area contributed by atoms with E-state index in [4.69, 9.17) is 28.4 Å². The quantitative estimate of drug-likeness (QED) is 0.0223. The minimum absolute atomic E-state index is 0.220. The molecule has 0 aromatic rings.